The third-order valence-corrected chi connectivity index (χ3v) is 1.89. The minimum atomic E-state index is 0.634. The molecular formula is C9H10N4. The molecule has 0 saturated carbocycles. The lowest BCUT2D eigenvalue weighted by molar-refractivity contribution is 0.847. The number of aromatic nitrogens is 3. The molecule has 0 radical (unpaired) electrons. The van der Waals surface area contributed by atoms with Gasteiger partial charge in [0.05, 0.1) is 17.6 Å². The van der Waals surface area contributed by atoms with Gasteiger partial charge in [0.2, 0.25) is 0 Å². The second-order valence-corrected chi connectivity index (χ2v) is 2.82. The molecule has 2 N–H and O–H groups in total. The fraction of sp³-hybridized carbons (Fsp3) is 0.111. The van der Waals surface area contributed by atoms with Crippen molar-refractivity contribution in [3.05, 3.63) is 36.4 Å². The van der Waals surface area contributed by atoms with E-state index >= 15 is 0 Å². The van der Waals surface area contributed by atoms with Crippen molar-refractivity contribution in [2.45, 2.75) is 6.92 Å². The summed E-state index contributed by atoms with van der Waals surface area (Å²) >= 11 is 0. The zero-order valence-electron chi connectivity index (χ0n) is 7.31. The van der Waals surface area contributed by atoms with Gasteiger partial charge in [0.1, 0.15) is 0 Å². The van der Waals surface area contributed by atoms with E-state index in [4.69, 9.17) is 5.73 Å². The number of hydrogen-bond donors (Lipinski definition) is 1. The summed E-state index contributed by atoms with van der Waals surface area (Å²) in [5.41, 5.74) is 8.32. The topological polar surface area (TPSA) is 56.7 Å². The molecule has 0 aliphatic carbocycles. The Hall–Kier alpha value is -1.84. The summed E-state index contributed by atoms with van der Waals surface area (Å²) < 4.78 is 1.79. The van der Waals surface area contributed by atoms with Crippen LogP contribution in [0.25, 0.3) is 5.69 Å². The van der Waals surface area contributed by atoms with Gasteiger partial charge in [-0.1, -0.05) is 0 Å². The van der Waals surface area contributed by atoms with Gasteiger partial charge in [-0.3, -0.25) is 4.98 Å². The molecule has 0 bridgehead atoms. The van der Waals surface area contributed by atoms with Crippen molar-refractivity contribution < 1.29 is 0 Å². The predicted molar refractivity (Wildman–Crippen MR) is 50.5 cm³/mol. The summed E-state index contributed by atoms with van der Waals surface area (Å²) in [7, 11) is 0. The van der Waals surface area contributed by atoms with Crippen LogP contribution in [0.15, 0.2) is 30.7 Å². The lowest BCUT2D eigenvalue weighted by atomic mass is 10.3. The van der Waals surface area contributed by atoms with Gasteiger partial charge in [0, 0.05) is 18.1 Å². The van der Waals surface area contributed by atoms with Gasteiger partial charge in [-0.25, -0.2) is 4.68 Å². The van der Waals surface area contributed by atoms with Crippen LogP contribution in [-0.4, -0.2) is 14.8 Å². The lowest BCUT2D eigenvalue weighted by Gasteiger charge is -2.05. The largest absolute Gasteiger partial charge is 0.396 e. The molecule has 66 valence electrons. The number of hydrogen-bond acceptors (Lipinski definition) is 3. The molecule has 0 aliphatic heterocycles. The quantitative estimate of drug-likeness (QED) is 0.705. The first-order chi connectivity index (χ1) is 6.29. The maximum Gasteiger partial charge on any atom is 0.0909 e. The Morgan fingerprint density at radius 3 is 2.77 bits per heavy atom. The van der Waals surface area contributed by atoms with Gasteiger partial charge in [-0.2, -0.15) is 5.10 Å². The number of anilines is 1. The average molecular weight is 174 g/mol. The molecular weight excluding hydrogens is 164 g/mol. The van der Waals surface area contributed by atoms with Crippen LogP contribution >= 0.6 is 0 Å². The van der Waals surface area contributed by atoms with Crippen LogP contribution < -0.4 is 5.73 Å². The van der Waals surface area contributed by atoms with Crippen LogP contribution in [0.5, 0.6) is 0 Å². The molecule has 2 heterocycles. The van der Waals surface area contributed by atoms with Gasteiger partial charge in [0.25, 0.3) is 0 Å². The molecule has 0 amide bonds. The molecule has 0 saturated heterocycles. The Labute approximate surface area is 76.0 Å². The second kappa shape index (κ2) is 2.90. The van der Waals surface area contributed by atoms with Crippen molar-refractivity contribution in [3.8, 4) is 5.69 Å². The van der Waals surface area contributed by atoms with Gasteiger partial charge in [0.15, 0.2) is 0 Å². The molecule has 13 heavy (non-hydrogen) atoms. The minimum absolute atomic E-state index is 0.634. The lowest BCUT2D eigenvalue weighted by Crippen LogP contribution is -2.02. The summed E-state index contributed by atoms with van der Waals surface area (Å²) in [6.07, 6.45) is 5.07. The maximum absolute atomic E-state index is 5.76. The summed E-state index contributed by atoms with van der Waals surface area (Å²) in [6, 6.07) is 3.77. The van der Waals surface area contributed by atoms with Crippen LogP contribution in [0.1, 0.15) is 5.69 Å². The highest BCUT2D eigenvalue weighted by Gasteiger charge is 2.03. The maximum atomic E-state index is 5.76. The fourth-order valence-electron chi connectivity index (χ4n) is 1.21. The minimum Gasteiger partial charge on any atom is -0.396 e. The monoisotopic (exact) mass is 174 g/mol. The molecule has 0 aromatic carbocycles. The molecule has 4 heteroatoms. The first kappa shape index (κ1) is 7.79. The Morgan fingerprint density at radius 1 is 1.31 bits per heavy atom. The Kier molecular flexibility index (Phi) is 1.73. The zero-order valence-corrected chi connectivity index (χ0v) is 7.31. The van der Waals surface area contributed by atoms with Crippen LogP contribution in [0, 0.1) is 6.92 Å². The summed E-state index contributed by atoms with van der Waals surface area (Å²) in [5, 5.41) is 4.16. The average Bonchev–Trinajstić information content (AvgIpc) is 2.52. The fourth-order valence-corrected chi connectivity index (χ4v) is 1.21. The first-order valence-corrected chi connectivity index (χ1v) is 3.99. The number of pyridine rings is 1. The van der Waals surface area contributed by atoms with E-state index in [1.54, 1.807) is 23.3 Å². The molecule has 0 unspecified atom stereocenters. The van der Waals surface area contributed by atoms with E-state index in [0.717, 1.165) is 11.4 Å². The molecule has 4 nitrogen and oxygen atoms in total. The molecule has 2 aromatic rings. The van der Waals surface area contributed by atoms with E-state index in [0.29, 0.717) is 5.69 Å². The summed E-state index contributed by atoms with van der Waals surface area (Å²) in [4.78, 5) is 3.92. The highest BCUT2D eigenvalue weighted by Crippen LogP contribution is 2.15. The molecule has 2 aromatic heterocycles. The third-order valence-electron chi connectivity index (χ3n) is 1.89. The van der Waals surface area contributed by atoms with Gasteiger partial charge >= 0.3 is 0 Å². The van der Waals surface area contributed by atoms with Gasteiger partial charge < -0.3 is 5.73 Å². The van der Waals surface area contributed by atoms with E-state index in [1.807, 2.05) is 19.1 Å². The van der Waals surface area contributed by atoms with Crippen molar-refractivity contribution in [2.24, 2.45) is 0 Å². The molecule has 0 atom stereocenters. The van der Waals surface area contributed by atoms with Crippen molar-refractivity contribution in [2.75, 3.05) is 5.73 Å². The predicted octanol–water partition coefficient (Wildman–Crippen LogP) is 1.16. The number of nitrogens with zero attached hydrogens (tertiary/aromatic N) is 3. The van der Waals surface area contributed by atoms with E-state index in [1.165, 1.54) is 0 Å². The van der Waals surface area contributed by atoms with Gasteiger partial charge in [-0.05, 0) is 19.1 Å². The molecule has 2 rings (SSSR count). The van der Waals surface area contributed by atoms with Crippen LogP contribution in [0.3, 0.4) is 0 Å². The number of nitrogens with two attached hydrogens (primary N) is 1. The van der Waals surface area contributed by atoms with Crippen molar-refractivity contribution in [1.82, 2.24) is 14.8 Å². The van der Waals surface area contributed by atoms with E-state index in [-0.39, 0.29) is 0 Å². The SMILES string of the molecule is Cc1ccnn1-c1ccncc1N. The van der Waals surface area contributed by atoms with Crippen LogP contribution in [-0.2, 0) is 0 Å². The Bertz CT molecular complexity index is 419. The normalized spacial score (nSPS) is 10.2. The van der Waals surface area contributed by atoms with Crippen LogP contribution in [0.2, 0.25) is 0 Å². The Morgan fingerprint density at radius 2 is 2.15 bits per heavy atom. The summed E-state index contributed by atoms with van der Waals surface area (Å²) in [6.45, 7) is 1.98. The molecule has 0 fully saturated rings. The second-order valence-electron chi connectivity index (χ2n) is 2.82. The van der Waals surface area contributed by atoms with E-state index in [2.05, 4.69) is 10.1 Å². The standard InChI is InChI=1S/C9H10N4/c1-7-2-5-12-13(7)9-3-4-11-6-8(9)10/h2-6H,10H2,1H3. The summed E-state index contributed by atoms with van der Waals surface area (Å²) in [5.74, 6) is 0. The Balaban J connectivity index is 2.59. The van der Waals surface area contributed by atoms with Gasteiger partial charge in [-0.15, -0.1) is 0 Å². The molecule has 0 aliphatic rings. The number of aryl methyl sites for hydroxylation is 1. The highest BCUT2D eigenvalue weighted by molar-refractivity contribution is 5.55. The van der Waals surface area contributed by atoms with Crippen molar-refractivity contribution in [3.63, 3.8) is 0 Å². The van der Waals surface area contributed by atoms with E-state index < -0.39 is 0 Å². The highest BCUT2D eigenvalue weighted by atomic mass is 15.3. The van der Waals surface area contributed by atoms with Crippen LogP contribution in [0.4, 0.5) is 5.69 Å². The van der Waals surface area contributed by atoms with E-state index in [9.17, 15) is 0 Å². The number of nitrogen functional groups attached to an aromatic ring is 1. The first-order valence-electron chi connectivity index (χ1n) is 3.99. The smallest absolute Gasteiger partial charge is 0.0909 e. The zero-order chi connectivity index (χ0) is 9.26. The molecule has 0 spiro atoms. The van der Waals surface area contributed by atoms with Crippen molar-refractivity contribution in [1.29, 1.82) is 0 Å². The third kappa shape index (κ3) is 1.26. The van der Waals surface area contributed by atoms with Crippen molar-refractivity contribution >= 4 is 5.69 Å². The number of rotatable bonds is 1.